The molecule has 0 saturated heterocycles. The minimum Gasteiger partial charge on any atom is -0.443 e. The number of rotatable bonds is 1. The third kappa shape index (κ3) is 4.10. The molecule has 0 saturated carbocycles. The van der Waals surface area contributed by atoms with Gasteiger partial charge in [-0.2, -0.15) is 0 Å². The number of carbonyl (C=O) groups is 1. The van der Waals surface area contributed by atoms with E-state index < -0.39 is 5.60 Å². The Balaban J connectivity index is 2.28. The first-order valence-electron chi connectivity index (χ1n) is 7.54. The molecule has 0 aliphatic carbocycles. The van der Waals surface area contributed by atoms with Gasteiger partial charge in [-0.15, -0.1) is 0 Å². The Bertz CT molecular complexity index is 537. The van der Waals surface area contributed by atoms with Crippen molar-refractivity contribution < 1.29 is 9.53 Å². The molecule has 0 aromatic heterocycles. The lowest BCUT2D eigenvalue weighted by atomic mass is 9.98. The molecule has 1 atom stereocenters. The van der Waals surface area contributed by atoms with Crippen LogP contribution >= 0.6 is 0 Å². The molecule has 114 valence electrons. The third-order valence-corrected chi connectivity index (χ3v) is 3.46. The second-order valence-electron chi connectivity index (χ2n) is 6.89. The Labute approximate surface area is 127 Å². The summed E-state index contributed by atoms with van der Waals surface area (Å²) in [5, 5.41) is 0. The Kier molecular flexibility index (Phi) is 4.40. The quantitative estimate of drug-likeness (QED) is 0.754. The van der Waals surface area contributed by atoms with Crippen LogP contribution < -0.4 is 0 Å². The standard InChI is InChI=1S/C18H25NO2/c1-13-6-9-15(10-7-13)16-11-8-14(2)12-19(16)17(20)21-18(3,4)5/h6-7,9-11,14H,8,12H2,1-5H3/t14-/m0/s1. The third-order valence-electron chi connectivity index (χ3n) is 3.46. The van der Waals surface area contributed by atoms with Gasteiger partial charge in [-0.05, 0) is 45.6 Å². The molecule has 0 radical (unpaired) electrons. The molecule has 0 fully saturated rings. The SMILES string of the molecule is Cc1ccc(C2=CC[C@H](C)CN2C(=O)OC(C)(C)C)cc1. The van der Waals surface area contributed by atoms with Crippen molar-refractivity contribution in [2.24, 2.45) is 5.92 Å². The summed E-state index contributed by atoms with van der Waals surface area (Å²) >= 11 is 0. The first-order chi connectivity index (χ1) is 9.76. The van der Waals surface area contributed by atoms with Crippen molar-refractivity contribution in [1.29, 1.82) is 0 Å². The van der Waals surface area contributed by atoms with Crippen molar-refractivity contribution in [1.82, 2.24) is 4.90 Å². The van der Waals surface area contributed by atoms with Crippen LogP contribution in [0.4, 0.5) is 4.79 Å². The summed E-state index contributed by atoms with van der Waals surface area (Å²) in [7, 11) is 0. The van der Waals surface area contributed by atoms with Gasteiger partial charge < -0.3 is 4.74 Å². The summed E-state index contributed by atoms with van der Waals surface area (Å²) < 4.78 is 5.55. The van der Waals surface area contributed by atoms with Gasteiger partial charge in [0.2, 0.25) is 0 Å². The molecule has 0 N–H and O–H groups in total. The van der Waals surface area contributed by atoms with Crippen molar-refractivity contribution in [3.8, 4) is 0 Å². The van der Waals surface area contributed by atoms with E-state index in [0.29, 0.717) is 12.5 Å². The molecule has 0 unspecified atom stereocenters. The van der Waals surface area contributed by atoms with E-state index in [2.05, 4.69) is 44.2 Å². The largest absolute Gasteiger partial charge is 0.443 e. The molecule has 0 bridgehead atoms. The molecular formula is C18H25NO2. The second kappa shape index (κ2) is 5.92. The van der Waals surface area contributed by atoms with Crippen molar-refractivity contribution in [2.45, 2.75) is 46.6 Å². The Morgan fingerprint density at radius 2 is 1.86 bits per heavy atom. The van der Waals surface area contributed by atoms with Gasteiger partial charge >= 0.3 is 6.09 Å². The van der Waals surface area contributed by atoms with Crippen LogP contribution in [0.5, 0.6) is 0 Å². The summed E-state index contributed by atoms with van der Waals surface area (Å²) in [5.41, 5.74) is 2.77. The second-order valence-corrected chi connectivity index (χ2v) is 6.89. The highest BCUT2D eigenvalue weighted by Gasteiger charge is 2.29. The van der Waals surface area contributed by atoms with E-state index in [-0.39, 0.29) is 6.09 Å². The molecule has 1 aliphatic heterocycles. The van der Waals surface area contributed by atoms with Crippen molar-refractivity contribution >= 4 is 11.8 Å². The van der Waals surface area contributed by atoms with Gasteiger partial charge in [-0.1, -0.05) is 42.8 Å². The van der Waals surface area contributed by atoms with Crippen LogP contribution in [0.1, 0.15) is 45.2 Å². The van der Waals surface area contributed by atoms with E-state index in [1.165, 1.54) is 5.56 Å². The van der Waals surface area contributed by atoms with Crippen molar-refractivity contribution in [2.75, 3.05) is 6.54 Å². The number of hydrogen-bond donors (Lipinski definition) is 0. The Morgan fingerprint density at radius 3 is 2.43 bits per heavy atom. The van der Waals surface area contributed by atoms with E-state index in [0.717, 1.165) is 17.7 Å². The lowest BCUT2D eigenvalue weighted by Crippen LogP contribution is -2.39. The normalized spacial score (nSPS) is 19.2. The molecule has 1 aromatic carbocycles. The summed E-state index contributed by atoms with van der Waals surface area (Å²) in [6.45, 7) is 10.6. The van der Waals surface area contributed by atoms with Gasteiger partial charge in [0, 0.05) is 6.54 Å². The molecule has 1 aromatic rings. The van der Waals surface area contributed by atoms with Crippen LogP contribution in [-0.2, 0) is 4.74 Å². The van der Waals surface area contributed by atoms with Gasteiger partial charge in [0.15, 0.2) is 0 Å². The number of carbonyl (C=O) groups excluding carboxylic acids is 1. The van der Waals surface area contributed by atoms with Gasteiger partial charge in [-0.3, -0.25) is 4.90 Å². The van der Waals surface area contributed by atoms with Crippen LogP contribution in [0, 0.1) is 12.8 Å². The topological polar surface area (TPSA) is 29.5 Å². The van der Waals surface area contributed by atoms with Gasteiger partial charge in [0.1, 0.15) is 5.60 Å². The maximum atomic E-state index is 12.5. The van der Waals surface area contributed by atoms with E-state index in [1.54, 1.807) is 4.90 Å². The molecule has 1 amide bonds. The summed E-state index contributed by atoms with van der Waals surface area (Å²) in [6.07, 6.45) is 2.87. The smallest absolute Gasteiger partial charge is 0.414 e. The van der Waals surface area contributed by atoms with E-state index in [1.807, 2.05) is 20.8 Å². The Morgan fingerprint density at radius 1 is 1.24 bits per heavy atom. The van der Waals surface area contributed by atoms with Crippen LogP contribution in [0.15, 0.2) is 30.3 Å². The number of aryl methyl sites for hydroxylation is 1. The summed E-state index contributed by atoms with van der Waals surface area (Å²) in [4.78, 5) is 14.2. The van der Waals surface area contributed by atoms with E-state index in [4.69, 9.17) is 4.74 Å². The molecule has 21 heavy (non-hydrogen) atoms. The zero-order valence-corrected chi connectivity index (χ0v) is 13.6. The minimum atomic E-state index is -0.476. The van der Waals surface area contributed by atoms with Crippen molar-refractivity contribution in [3.05, 3.63) is 41.5 Å². The Hall–Kier alpha value is -1.77. The summed E-state index contributed by atoms with van der Waals surface area (Å²) in [5.74, 6) is 0.451. The fourth-order valence-corrected chi connectivity index (χ4v) is 2.40. The van der Waals surface area contributed by atoms with Gasteiger partial charge in [-0.25, -0.2) is 4.79 Å². The highest BCUT2D eigenvalue weighted by atomic mass is 16.6. The minimum absolute atomic E-state index is 0.263. The lowest BCUT2D eigenvalue weighted by molar-refractivity contribution is 0.0327. The predicted octanol–water partition coefficient (Wildman–Crippen LogP) is 4.61. The maximum absolute atomic E-state index is 12.5. The number of hydrogen-bond acceptors (Lipinski definition) is 2. The van der Waals surface area contributed by atoms with E-state index >= 15 is 0 Å². The van der Waals surface area contributed by atoms with Gasteiger partial charge in [0.25, 0.3) is 0 Å². The molecule has 1 aliphatic rings. The fraction of sp³-hybridized carbons (Fsp3) is 0.500. The molecule has 1 heterocycles. The van der Waals surface area contributed by atoms with Gasteiger partial charge in [0.05, 0.1) is 5.70 Å². The molecular weight excluding hydrogens is 262 g/mol. The van der Waals surface area contributed by atoms with Crippen LogP contribution in [0.3, 0.4) is 0 Å². The zero-order valence-electron chi connectivity index (χ0n) is 13.6. The monoisotopic (exact) mass is 287 g/mol. The first kappa shape index (κ1) is 15.6. The average molecular weight is 287 g/mol. The fourth-order valence-electron chi connectivity index (χ4n) is 2.40. The van der Waals surface area contributed by atoms with Crippen LogP contribution in [0.2, 0.25) is 0 Å². The average Bonchev–Trinajstić information content (AvgIpc) is 2.38. The molecule has 3 heteroatoms. The lowest BCUT2D eigenvalue weighted by Gasteiger charge is -2.34. The van der Waals surface area contributed by atoms with E-state index in [9.17, 15) is 4.79 Å². The van der Waals surface area contributed by atoms with Crippen LogP contribution in [0.25, 0.3) is 5.70 Å². The van der Waals surface area contributed by atoms with Crippen molar-refractivity contribution in [3.63, 3.8) is 0 Å². The first-order valence-corrected chi connectivity index (χ1v) is 7.54. The molecule has 3 nitrogen and oxygen atoms in total. The predicted molar refractivity (Wildman–Crippen MR) is 85.9 cm³/mol. The summed E-state index contributed by atoms with van der Waals surface area (Å²) in [6, 6.07) is 8.27. The number of nitrogens with zero attached hydrogens (tertiary/aromatic N) is 1. The number of allylic oxidation sites excluding steroid dienone is 1. The highest BCUT2D eigenvalue weighted by molar-refractivity contribution is 5.83. The molecule has 2 rings (SSSR count). The maximum Gasteiger partial charge on any atom is 0.414 e. The van der Waals surface area contributed by atoms with Crippen LogP contribution in [-0.4, -0.2) is 23.1 Å². The zero-order chi connectivity index (χ0) is 15.6. The number of benzene rings is 1. The number of ether oxygens (including phenoxy) is 1. The molecule has 0 spiro atoms. The highest BCUT2D eigenvalue weighted by Crippen LogP contribution is 2.29. The number of amides is 1.